The van der Waals surface area contributed by atoms with Gasteiger partial charge in [0.25, 0.3) is 5.56 Å². The van der Waals surface area contributed by atoms with Crippen molar-refractivity contribution < 1.29 is 9.59 Å². The first-order chi connectivity index (χ1) is 19.9. The number of hydrogen-bond donors (Lipinski definition) is 2. The van der Waals surface area contributed by atoms with Crippen molar-refractivity contribution >= 4 is 22.5 Å². The highest BCUT2D eigenvalue weighted by Gasteiger charge is 2.58. The first kappa shape index (κ1) is 29.2. The van der Waals surface area contributed by atoms with E-state index in [9.17, 15) is 14.4 Å². The monoisotopic (exact) mass is 559 g/mol. The first-order valence-electron chi connectivity index (χ1n) is 15.6. The second-order valence-corrected chi connectivity index (χ2v) is 12.0. The molecule has 41 heavy (non-hydrogen) atoms. The summed E-state index contributed by atoms with van der Waals surface area (Å²) in [5.74, 6) is 1.31. The maximum Gasteiger partial charge on any atom is 0.258 e. The van der Waals surface area contributed by atoms with Crippen LogP contribution in [0.5, 0.6) is 0 Å². The van der Waals surface area contributed by atoms with E-state index < -0.39 is 0 Å². The number of benzene rings is 1. The summed E-state index contributed by atoms with van der Waals surface area (Å²) < 4.78 is 1.71. The van der Waals surface area contributed by atoms with Crippen LogP contribution in [0.3, 0.4) is 0 Å². The number of H-pyrrole nitrogens is 1. The highest BCUT2D eigenvalue weighted by atomic mass is 16.2. The molecule has 2 atom stereocenters. The van der Waals surface area contributed by atoms with Crippen LogP contribution in [0.4, 0.5) is 0 Å². The summed E-state index contributed by atoms with van der Waals surface area (Å²) in [6.07, 6.45) is 11.6. The van der Waals surface area contributed by atoms with Gasteiger partial charge in [0, 0.05) is 42.5 Å². The van der Waals surface area contributed by atoms with Gasteiger partial charge in [0.05, 0.1) is 17.9 Å². The number of unbranched alkanes of at least 4 members (excludes halogenated alkanes) is 2. The third-order valence-corrected chi connectivity index (χ3v) is 9.52. The Morgan fingerprint density at radius 1 is 1.10 bits per heavy atom. The number of ketones is 1. The fourth-order valence-electron chi connectivity index (χ4n) is 6.52. The standard InChI is InChI=1S/C33H45N5O3/c1-4-25(39)10-8-7-9-11-28(36-31(40)27-21-33(27)15-18-37(5-2)19-16-33)30-34-22-29(35-30)24-12-13-26-23(20-24)14-17-38(6-3)32(26)41/h12-14,17,20,22,27-28H,4-11,15-16,18-19,21H2,1-3H3,(H,34,35)(H,36,40)/t27-,28+/m1/s1. The number of nitrogens with zero attached hydrogens (tertiary/aromatic N) is 3. The van der Waals surface area contributed by atoms with E-state index in [0.717, 1.165) is 87.0 Å². The summed E-state index contributed by atoms with van der Waals surface area (Å²) in [5.41, 5.74) is 2.01. The molecule has 1 saturated heterocycles. The third-order valence-electron chi connectivity index (χ3n) is 9.52. The number of aromatic amines is 1. The Bertz CT molecular complexity index is 1430. The van der Waals surface area contributed by atoms with E-state index in [0.29, 0.717) is 30.6 Å². The number of aromatic nitrogens is 3. The van der Waals surface area contributed by atoms with Crippen LogP contribution in [0.25, 0.3) is 22.0 Å². The number of imidazole rings is 1. The molecule has 1 aliphatic carbocycles. The van der Waals surface area contributed by atoms with Crippen molar-refractivity contribution in [2.75, 3.05) is 19.6 Å². The Morgan fingerprint density at radius 2 is 1.90 bits per heavy atom. The number of fused-ring (bicyclic) bond motifs is 1. The predicted molar refractivity (Wildman–Crippen MR) is 163 cm³/mol. The van der Waals surface area contributed by atoms with Gasteiger partial charge in [0.1, 0.15) is 11.6 Å². The van der Waals surface area contributed by atoms with Crippen LogP contribution in [0.1, 0.15) is 90.4 Å². The van der Waals surface area contributed by atoms with E-state index in [1.807, 2.05) is 50.5 Å². The summed E-state index contributed by atoms with van der Waals surface area (Å²) in [6, 6.07) is 7.62. The molecule has 0 unspecified atom stereocenters. The van der Waals surface area contributed by atoms with Crippen molar-refractivity contribution in [3.05, 3.63) is 52.8 Å². The van der Waals surface area contributed by atoms with Crippen molar-refractivity contribution in [1.82, 2.24) is 24.8 Å². The molecule has 2 fully saturated rings. The van der Waals surface area contributed by atoms with Crippen molar-refractivity contribution in [3.63, 3.8) is 0 Å². The quantitative estimate of drug-likeness (QED) is 0.265. The number of Topliss-reactive ketones (excluding diaryl/α,β-unsaturated/α-hetero) is 1. The van der Waals surface area contributed by atoms with Gasteiger partial charge in [-0.2, -0.15) is 0 Å². The highest BCUT2D eigenvalue weighted by Crippen LogP contribution is 2.59. The van der Waals surface area contributed by atoms with Crippen LogP contribution >= 0.6 is 0 Å². The van der Waals surface area contributed by atoms with Gasteiger partial charge in [-0.1, -0.05) is 32.8 Å². The number of amides is 1. The first-order valence-corrected chi connectivity index (χ1v) is 15.6. The minimum absolute atomic E-state index is 0.0171. The zero-order valence-corrected chi connectivity index (χ0v) is 24.9. The second kappa shape index (κ2) is 12.7. The number of rotatable bonds is 13. The van der Waals surface area contributed by atoms with Gasteiger partial charge < -0.3 is 19.8 Å². The Morgan fingerprint density at radius 3 is 2.63 bits per heavy atom. The summed E-state index contributed by atoms with van der Waals surface area (Å²) in [6.45, 7) is 9.96. The molecule has 2 aliphatic rings. The molecule has 1 aliphatic heterocycles. The molecule has 3 aromatic rings. The van der Waals surface area contributed by atoms with E-state index in [1.165, 1.54) is 0 Å². The molecular formula is C33H45N5O3. The molecule has 0 bridgehead atoms. The van der Waals surface area contributed by atoms with Crippen LogP contribution < -0.4 is 10.9 Å². The Balaban J connectivity index is 1.30. The van der Waals surface area contributed by atoms with Crippen molar-refractivity contribution in [1.29, 1.82) is 0 Å². The maximum atomic E-state index is 13.5. The van der Waals surface area contributed by atoms with E-state index in [1.54, 1.807) is 4.57 Å². The van der Waals surface area contributed by atoms with Crippen LogP contribution in [0.2, 0.25) is 0 Å². The van der Waals surface area contributed by atoms with Crippen LogP contribution in [0.15, 0.2) is 41.5 Å². The number of carbonyl (C=O) groups is 2. The number of likely N-dealkylation sites (tertiary alicyclic amines) is 1. The molecular weight excluding hydrogens is 514 g/mol. The third kappa shape index (κ3) is 6.48. The van der Waals surface area contributed by atoms with Gasteiger partial charge in [-0.3, -0.25) is 14.4 Å². The number of hydrogen-bond acceptors (Lipinski definition) is 5. The average molecular weight is 560 g/mol. The number of aryl methyl sites for hydroxylation is 1. The zero-order chi connectivity index (χ0) is 29.0. The molecule has 5 rings (SSSR count). The molecule has 1 spiro atoms. The fourth-order valence-corrected chi connectivity index (χ4v) is 6.52. The van der Waals surface area contributed by atoms with Crippen molar-refractivity contribution in [2.24, 2.45) is 11.3 Å². The normalized spacial score (nSPS) is 19.0. The van der Waals surface area contributed by atoms with Crippen molar-refractivity contribution in [2.45, 2.75) is 91.1 Å². The summed E-state index contributed by atoms with van der Waals surface area (Å²) in [4.78, 5) is 48.6. The number of carbonyl (C=O) groups excluding carboxylic acids is 2. The number of nitrogens with one attached hydrogen (secondary N) is 2. The fraction of sp³-hybridized carbons (Fsp3) is 0.576. The Hall–Kier alpha value is -3.26. The molecule has 1 amide bonds. The molecule has 2 aromatic heterocycles. The highest BCUT2D eigenvalue weighted by molar-refractivity contribution is 5.86. The molecule has 8 heteroatoms. The van der Waals surface area contributed by atoms with E-state index in [2.05, 4.69) is 22.1 Å². The topological polar surface area (TPSA) is 100 Å². The Kier molecular flexibility index (Phi) is 9.07. The van der Waals surface area contributed by atoms with Crippen LogP contribution in [-0.4, -0.2) is 50.8 Å². The van der Waals surface area contributed by atoms with E-state index >= 15 is 0 Å². The minimum Gasteiger partial charge on any atom is -0.346 e. The lowest BCUT2D eigenvalue weighted by molar-refractivity contribution is -0.124. The lowest BCUT2D eigenvalue weighted by Crippen LogP contribution is -2.37. The van der Waals surface area contributed by atoms with Gasteiger partial charge in [0.15, 0.2) is 0 Å². The van der Waals surface area contributed by atoms with Gasteiger partial charge in [-0.25, -0.2) is 4.98 Å². The van der Waals surface area contributed by atoms with Crippen molar-refractivity contribution in [3.8, 4) is 11.3 Å². The molecule has 3 heterocycles. The smallest absolute Gasteiger partial charge is 0.258 e. The van der Waals surface area contributed by atoms with Crippen LogP contribution in [-0.2, 0) is 16.1 Å². The molecule has 220 valence electrons. The van der Waals surface area contributed by atoms with Gasteiger partial charge >= 0.3 is 0 Å². The summed E-state index contributed by atoms with van der Waals surface area (Å²) in [7, 11) is 0. The van der Waals surface area contributed by atoms with E-state index in [4.69, 9.17) is 4.98 Å². The van der Waals surface area contributed by atoms with Gasteiger partial charge in [-0.05, 0) is 87.7 Å². The zero-order valence-electron chi connectivity index (χ0n) is 24.9. The maximum absolute atomic E-state index is 13.5. The molecule has 1 saturated carbocycles. The molecule has 0 radical (unpaired) electrons. The van der Waals surface area contributed by atoms with Gasteiger partial charge in [-0.15, -0.1) is 0 Å². The average Bonchev–Trinajstić information content (AvgIpc) is 3.46. The predicted octanol–water partition coefficient (Wildman–Crippen LogP) is 5.62. The lowest BCUT2D eigenvalue weighted by atomic mass is 9.90. The SMILES string of the molecule is CCC(=O)CCCCC[C@H](NC(=O)[C@H]1CC12CCN(CC)CC2)c1ncc(-c2ccc3c(=O)n(CC)ccc3c2)[nH]1. The Labute approximate surface area is 242 Å². The molecule has 2 N–H and O–H groups in total. The lowest BCUT2D eigenvalue weighted by Gasteiger charge is -2.32. The van der Waals surface area contributed by atoms with E-state index in [-0.39, 0.29) is 28.8 Å². The number of piperidine rings is 1. The van der Waals surface area contributed by atoms with Gasteiger partial charge in [0.2, 0.25) is 5.91 Å². The largest absolute Gasteiger partial charge is 0.346 e. The summed E-state index contributed by atoms with van der Waals surface area (Å²) >= 11 is 0. The summed E-state index contributed by atoms with van der Waals surface area (Å²) in [5, 5.41) is 4.96. The van der Waals surface area contributed by atoms with Crippen LogP contribution in [0, 0.1) is 11.3 Å². The number of pyridine rings is 1. The molecule has 8 nitrogen and oxygen atoms in total. The minimum atomic E-state index is -0.205. The second-order valence-electron chi connectivity index (χ2n) is 12.0. The molecule has 1 aromatic carbocycles.